The van der Waals surface area contributed by atoms with E-state index < -0.39 is 0 Å². The predicted molar refractivity (Wildman–Crippen MR) is 111 cm³/mol. The zero-order valence-electron chi connectivity index (χ0n) is 14.8. The van der Waals surface area contributed by atoms with Crippen molar-refractivity contribution in [2.24, 2.45) is 0 Å². The summed E-state index contributed by atoms with van der Waals surface area (Å²) < 4.78 is 12.1. The molecule has 0 fully saturated rings. The molecular weight excluding hydrogens is 346 g/mol. The summed E-state index contributed by atoms with van der Waals surface area (Å²) in [4.78, 5) is 0. The largest absolute Gasteiger partial charge is 0.456 e. The van der Waals surface area contributed by atoms with E-state index in [2.05, 4.69) is 18.2 Å². The highest BCUT2D eigenvalue weighted by molar-refractivity contribution is 6.20. The Morgan fingerprint density at radius 1 is 0.571 bits per heavy atom. The molecule has 3 nitrogen and oxygen atoms in total. The van der Waals surface area contributed by atoms with Crippen LogP contribution >= 0.6 is 0 Å². The van der Waals surface area contributed by atoms with Crippen molar-refractivity contribution in [2.75, 3.05) is 0 Å². The molecular formula is C25H13NO2. The normalized spacial score (nSPS) is 11.5. The van der Waals surface area contributed by atoms with Gasteiger partial charge < -0.3 is 8.83 Å². The lowest BCUT2D eigenvalue weighted by molar-refractivity contribution is 0.668. The Labute approximate surface area is 160 Å². The van der Waals surface area contributed by atoms with E-state index in [9.17, 15) is 5.26 Å². The van der Waals surface area contributed by atoms with E-state index >= 15 is 0 Å². The Hall–Kier alpha value is -4.03. The van der Waals surface area contributed by atoms with Crippen LogP contribution in [0.2, 0.25) is 0 Å². The molecule has 28 heavy (non-hydrogen) atoms. The second kappa shape index (κ2) is 5.48. The molecule has 0 amide bonds. The molecule has 2 aromatic heterocycles. The van der Waals surface area contributed by atoms with Crippen LogP contribution < -0.4 is 0 Å². The maximum Gasteiger partial charge on any atom is 0.136 e. The molecule has 0 saturated heterocycles. The first-order chi connectivity index (χ1) is 13.8. The number of furan rings is 2. The zero-order valence-corrected chi connectivity index (χ0v) is 14.8. The quantitative estimate of drug-likeness (QED) is 0.317. The Morgan fingerprint density at radius 3 is 1.89 bits per heavy atom. The third kappa shape index (κ3) is 1.92. The van der Waals surface area contributed by atoms with E-state index in [0.717, 1.165) is 55.0 Å². The second-order valence-electron chi connectivity index (χ2n) is 6.85. The molecule has 2 heterocycles. The molecule has 6 rings (SSSR count). The minimum Gasteiger partial charge on any atom is -0.456 e. The van der Waals surface area contributed by atoms with Gasteiger partial charge in [0, 0.05) is 27.1 Å². The van der Waals surface area contributed by atoms with Crippen LogP contribution in [0.3, 0.4) is 0 Å². The lowest BCUT2D eigenvalue weighted by Crippen LogP contribution is -1.87. The van der Waals surface area contributed by atoms with Crippen LogP contribution in [0, 0.1) is 11.3 Å². The molecule has 130 valence electrons. The first-order valence-electron chi connectivity index (χ1n) is 9.10. The van der Waals surface area contributed by atoms with Crippen LogP contribution in [0.15, 0.2) is 87.7 Å². The summed E-state index contributed by atoms with van der Waals surface area (Å²) in [6.07, 6.45) is 0. The Balaban J connectivity index is 1.87. The van der Waals surface area contributed by atoms with Gasteiger partial charge in [0.2, 0.25) is 0 Å². The summed E-state index contributed by atoms with van der Waals surface area (Å²) in [6, 6.07) is 28.0. The SMILES string of the molecule is N#Cc1ccc2oc3ccccc3c2c1-c1cccc2oc3ccccc3c12. The number of fused-ring (bicyclic) bond motifs is 6. The summed E-state index contributed by atoms with van der Waals surface area (Å²) in [5, 5.41) is 13.9. The van der Waals surface area contributed by atoms with Gasteiger partial charge >= 0.3 is 0 Å². The maximum absolute atomic E-state index is 9.88. The number of benzene rings is 4. The van der Waals surface area contributed by atoms with Crippen LogP contribution in [0.4, 0.5) is 0 Å². The summed E-state index contributed by atoms with van der Waals surface area (Å²) >= 11 is 0. The third-order valence-corrected chi connectivity index (χ3v) is 5.34. The molecule has 6 aromatic rings. The van der Waals surface area contributed by atoms with Crippen molar-refractivity contribution in [1.29, 1.82) is 5.26 Å². The van der Waals surface area contributed by atoms with Gasteiger partial charge in [0.25, 0.3) is 0 Å². The van der Waals surface area contributed by atoms with Gasteiger partial charge in [-0.15, -0.1) is 0 Å². The van der Waals surface area contributed by atoms with E-state index in [1.165, 1.54) is 0 Å². The van der Waals surface area contributed by atoms with Gasteiger partial charge in [-0.1, -0.05) is 48.5 Å². The van der Waals surface area contributed by atoms with E-state index in [0.29, 0.717) is 5.56 Å². The molecule has 3 heteroatoms. The van der Waals surface area contributed by atoms with Crippen LogP contribution in [-0.4, -0.2) is 0 Å². The van der Waals surface area contributed by atoms with Gasteiger partial charge in [0.05, 0.1) is 11.6 Å². The van der Waals surface area contributed by atoms with Crippen molar-refractivity contribution in [3.8, 4) is 17.2 Å². The summed E-state index contributed by atoms with van der Waals surface area (Å²) in [5.74, 6) is 0. The molecule has 0 bridgehead atoms. The van der Waals surface area contributed by atoms with Gasteiger partial charge in [-0.25, -0.2) is 0 Å². The number of hydrogen-bond acceptors (Lipinski definition) is 3. The monoisotopic (exact) mass is 359 g/mol. The van der Waals surface area contributed by atoms with E-state index in [-0.39, 0.29) is 0 Å². The van der Waals surface area contributed by atoms with Gasteiger partial charge in [0.1, 0.15) is 22.3 Å². The summed E-state index contributed by atoms with van der Waals surface area (Å²) in [6.45, 7) is 0. The lowest BCUT2D eigenvalue weighted by Gasteiger charge is -2.08. The van der Waals surface area contributed by atoms with Crippen molar-refractivity contribution >= 4 is 43.9 Å². The fraction of sp³-hybridized carbons (Fsp3) is 0. The van der Waals surface area contributed by atoms with E-state index in [1.54, 1.807) is 0 Å². The lowest BCUT2D eigenvalue weighted by atomic mass is 9.92. The van der Waals surface area contributed by atoms with Crippen LogP contribution in [0.25, 0.3) is 55.0 Å². The smallest absolute Gasteiger partial charge is 0.136 e. The highest BCUT2D eigenvalue weighted by Crippen LogP contribution is 2.43. The number of nitriles is 1. The number of rotatable bonds is 1. The van der Waals surface area contributed by atoms with Crippen molar-refractivity contribution in [1.82, 2.24) is 0 Å². The standard InChI is InChI=1S/C25H13NO2/c26-14-15-12-13-22-25(17-7-2-4-10-20(17)28-22)23(15)18-8-5-11-21-24(18)16-6-1-3-9-19(16)27-21/h1-13H. The Kier molecular flexibility index (Phi) is 2.95. The molecule has 0 saturated carbocycles. The summed E-state index contributed by atoms with van der Waals surface area (Å²) in [5.41, 5.74) is 5.74. The molecule has 0 unspecified atom stereocenters. The van der Waals surface area contributed by atoms with Crippen LogP contribution in [0.5, 0.6) is 0 Å². The first kappa shape index (κ1) is 15.1. The van der Waals surface area contributed by atoms with Gasteiger partial charge in [-0.3, -0.25) is 0 Å². The fourth-order valence-corrected chi connectivity index (χ4v) is 4.17. The Bertz CT molecular complexity index is 1580. The van der Waals surface area contributed by atoms with Crippen molar-refractivity contribution in [3.05, 3.63) is 84.4 Å². The fourth-order valence-electron chi connectivity index (χ4n) is 4.17. The summed E-state index contributed by atoms with van der Waals surface area (Å²) in [7, 11) is 0. The zero-order chi connectivity index (χ0) is 18.7. The molecule has 0 spiro atoms. The first-order valence-corrected chi connectivity index (χ1v) is 9.10. The van der Waals surface area contributed by atoms with Gasteiger partial charge in [-0.05, 0) is 35.9 Å². The number of nitrogens with zero attached hydrogens (tertiary/aromatic N) is 1. The molecule has 4 aromatic carbocycles. The van der Waals surface area contributed by atoms with Crippen molar-refractivity contribution in [2.45, 2.75) is 0 Å². The second-order valence-corrected chi connectivity index (χ2v) is 6.85. The van der Waals surface area contributed by atoms with Crippen molar-refractivity contribution in [3.63, 3.8) is 0 Å². The molecule has 0 aliphatic heterocycles. The Morgan fingerprint density at radius 2 is 1.18 bits per heavy atom. The van der Waals surface area contributed by atoms with Crippen molar-refractivity contribution < 1.29 is 8.83 Å². The van der Waals surface area contributed by atoms with Gasteiger partial charge in [0.15, 0.2) is 0 Å². The van der Waals surface area contributed by atoms with E-state index in [4.69, 9.17) is 8.83 Å². The molecule has 0 atom stereocenters. The average molecular weight is 359 g/mol. The highest BCUT2D eigenvalue weighted by atomic mass is 16.3. The molecule has 0 radical (unpaired) electrons. The maximum atomic E-state index is 9.88. The minimum absolute atomic E-state index is 0.622. The van der Waals surface area contributed by atoms with E-state index in [1.807, 2.05) is 66.7 Å². The number of para-hydroxylation sites is 2. The third-order valence-electron chi connectivity index (χ3n) is 5.34. The van der Waals surface area contributed by atoms with Gasteiger partial charge in [-0.2, -0.15) is 5.26 Å². The molecule has 0 N–H and O–H groups in total. The average Bonchev–Trinajstić information content (AvgIpc) is 3.31. The molecule has 0 aliphatic carbocycles. The number of hydrogen-bond donors (Lipinski definition) is 0. The topological polar surface area (TPSA) is 50.1 Å². The van der Waals surface area contributed by atoms with Crippen LogP contribution in [0.1, 0.15) is 5.56 Å². The highest BCUT2D eigenvalue weighted by Gasteiger charge is 2.20. The van der Waals surface area contributed by atoms with Crippen LogP contribution in [-0.2, 0) is 0 Å². The molecule has 0 aliphatic rings. The predicted octanol–water partition coefficient (Wildman–Crippen LogP) is 7.02. The minimum atomic E-state index is 0.622.